The first-order chi connectivity index (χ1) is 19.1. The average Bonchev–Trinajstić information content (AvgIpc) is 2.91. The molecule has 0 saturated carbocycles. The van der Waals surface area contributed by atoms with Crippen molar-refractivity contribution in [2.45, 2.75) is 18.3 Å². The van der Waals surface area contributed by atoms with E-state index in [0.29, 0.717) is 6.07 Å². The largest absolute Gasteiger partial charge is 0.417 e. The molecule has 1 unspecified atom stereocenters. The van der Waals surface area contributed by atoms with Gasteiger partial charge in [-0.1, -0.05) is 46.8 Å². The smallest absolute Gasteiger partial charge is 0.267 e. The zero-order valence-electron chi connectivity index (χ0n) is 20.5. The van der Waals surface area contributed by atoms with Gasteiger partial charge in [0, 0.05) is 25.0 Å². The summed E-state index contributed by atoms with van der Waals surface area (Å²) in [5.74, 6) is -3.49. The van der Waals surface area contributed by atoms with E-state index in [-0.39, 0.29) is 33.2 Å². The van der Waals surface area contributed by atoms with Crippen molar-refractivity contribution in [3.05, 3.63) is 92.2 Å². The molecule has 5 nitrogen and oxygen atoms in total. The number of hydrazine groups is 1. The highest BCUT2D eigenvalue weighted by atomic mass is 35.5. The third-order valence-corrected chi connectivity index (χ3v) is 6.74. The number of hydrogen-bond donors (Lipinski definition) is 0. The van der Waals surface area contributed by atoms with Gasteiger partial charge in [-0.05, 0) is 42.0 Å². The van der Waals surface area contributed by atoms with Crippen LogP contribution in [0.5, 0.6) is 0 Å². The van der Waals surface area contributed by atoms with E-state index < -0.39 is 58.8 Å². The van der Waals surface area contributed by atoms with Crippen molar-refractivity contribution >= 4 is 52.5 Å². The molecule has 3 rings (SSSR count). The number of carbonyl (C=O) groups is 1. The summed E-state index contributed by atoms with van der Waals surface area (Å²) in [6, 6.07) is 4.68. The number of hydrogen-bond acceptors (Lipinski definition) is 4. The van der Waals surface area contributed by atoms with Gasteiger partial charge in [0.1, 0.15) is 18.3 Å². The normalized spacial score (nSPS) is 13.0. The second-order valence-electron chi connectivity index (χ2n) is 8.23. The number of benzene rings is 2. The number of amides is 1. The van der Waals surface area contributed by atoms with E-state index >= 15 is 4.39 Å². The Labute approximate surface area is 244 Å². The molecule has 0 aliphatic carbocycles. The quantitative estimate of drug-likeness (QED) is 0.113. The molecule has 1 heterocycles. The Morgan fingerprint density at radius 3 is 2.15 bits per heavy atom. The standard InChI is InChI=1S/C26H16Cl3F7N4O/c1-3-9-40(39(2)24-37-7-4-8-38-24)23(41)16-6-5-14(10-18(16)26(34,35)36)21(30)13-17(25(31,32)33)15-11-19(27)22(29)20(28)12-15/h1,4-8,10-13,17H,9H2,2H3. The Hall–Kier alpha value is -3.53. The first-order valence-corrected chi connectivity index (χ1v) is 12.3. The van der Waals surface area contributed by atoms with E-state index in [1.54, 1.807) is 0 Å². The minimum atomic E-state index is -5.22. The average molecular weight is 640 g/mol. The molecule has 0 N–H and O–H groups in total. The maximum atomic E-state index is 15.2. The first-order valence-electron chi connectivity index (χ1n) is 11.1. The van der Waals surface area contributed by atoms with Crippen molar-refractivity contribution in [2.24, 2.45) is 0 Å². The fraction of sp³-hybridized carbons (Fsp3) is 0.192. The second-order valence-corrected chi connectivity index (χ2v) is 9.42. The molecule has 15 heteroatoms. The first kappa shape index (κ1) is 32.0. The summed E-state index contributed by atoms with van der Waals surface area (Å²) < 4.78 is 98.9. The van der Waals surface area contributed by atoms with Gasteiger partial charge in [-0.25, -0.2) is 19.4 Å². The Balaban J connectivity index is 2.10. The molecular weight excluding hydrogens is 624 g/mol. The molecule has 0 saturated heterocycles. The van der Waals surface area contributed by atoms with Crippen LogP contribution in [-0.4, -0.2) is 40.7 Å². The van der Waals surface area contributed by atoms with E-state index in [1.807, 2.05) is 0 Å². The number of nitrogens with zero attached hydrogens (tertiary/aromatic N) is 4. The van der Waals surface area contributed by atoms with E-state index in [0.717, 1.165) is 28.2 Å². The summed E-state index contributed by atoms with van der Waals surface area (Å²) in [6.07, 6.45) is -2.30. The van der Waals surface area contributed by atoms with Crippen LogP contribution in [0.4, 0.5) is 36.7 Å². The predicted octanol–water partition coefficient (Wildman–Crippen LogP) is 8.24. The second kappa shape index (κ2) is 12.5. The molecule has 41 heavy (non-hydrogen) atoms. The minimum Gasteiger partial charge on any atom is -0.267 e. The fourth-order valence-electron chi connectivity index (χ4n) is 3.60. The van der Waals surface area contributed by atoms with E-state index in [9.17, 15) is 31.1 Å². The lowest BCUT2D eigenvalue weighted by atomic mass is 9.95. The summed E-state index contributed by atoms with van der Waals surface area (Å²) in [5.41, 5.74) is -4.05. The topological polar surface area (TPSA) is 49.3 Å². The van der Waals surface area contributed by atoms with Crippen LogP contribution < -0.4 is 5.01 Å². The molecule has 0 aliphatic heterocycles. The van der Waals surface area contributed by atoms with E-state index in [1.165, 1.54) is 25.5 Å². The maximum Gasteiger partial charge on any atom is 0.417 e. The van der Waals surface area contributed by atoms with Crippen LogP contribution in [0.2, 0.25) is 15.1 Å². The van der Waals surface area contributed by atoms with E-state index in [2.05, 4.69) is 15.9 Å². The Bertz CT molecular complexity index is 1480. The summed E-state index contributed by atoms with van der Waals surface area (Å²) in [6.45, 7) is -0.500. The SMILES string of the molecule is C#CCN(C(=O)c1ccc(C(F)=CC(c2cc(Cl)c(Cl)c(Cl)c2)C(F)(F)F)cc1C(F)(F)F)N(C)c1ncccn1. The zero-order chi connectivity index (χ0) is 30.7. The minimum absolute atomic E-state index is 0.0675. The lowest BCUT2D eigenvalue weighted by Crippen LogP contribution is -2.46. The van der Waals surface area contributed by atoms with Gasteiger partial charge in [0.25, 0.3) is 5.91 Å². The number of carbonyl (C=O) groups excluding carboxylic acids is 1. The van der Waals surface area contributed by atoms with Crippen molar-refractivity contribution in [1.29, 1.82) is 0 Å². The molecule has 3 aromatic rings. The summed E-state index contributed by atoms with van der Waals surface area (Å²) >= 11 is 17.4. The van der Waals surface area contributed by atoms with Crippen LogP contribution in [0, 0.1) is 12.3 Å². The number of allylic oxidation sites excluding steroid dienone is 1. The summed E-state index contributed by atoms with van der Waals surface area (Å²) in [7, 11) is 1.28. The molecule has 0 radical (unpaired) electrons. The van der Waals surface area contributed by atoms with Crippen LogP contribution >= 0.6 is 34.8 Å². The molecule has 1 aromatic heterocycles. The van der Waals surface area contributed by atoms with Crippen LogP contribution in [-0.2, 0) is 6.18 Å². The van der Waals surface area contributed by atoms with Gasteiger partial charge < -0.3 is 0 Å². The maximum absolute atomic E-state index is 15.2. The highest BCUT2D eigenvalue weighted by Crippen LogP contribution is 2.43. The van der Waals surface area contributed by atoms with Gasteiger partial charge >= 0.3 is 12.4 Å². The molecule has 0 aliphatic rings. The van der Waals surface area contributed by atoms with Crippen molar-refractivity contribution in [3.8, 4) is 12.3 Å². The van der Waals surface area contributed by atoms with Crippen LogP contribution in [0.15, 0.2) is 54.9 Å². The van der Waals surface area contributed by atoms with Crippen molar-refractivity contribution in [2.75, 3.05) is 18.6 Å². The van der Waals surface area contributed by atoms with Crippen molar-refractivity contribution < 1.29 is 35.5 Å². The zero-order valence-corrected chi connectivity index (χ0v) is 22.8. The van der Waals surface area contributed by atoms with Crippen LogP contribution in [0.3, 0.4) is 0 Å². The number of rotatable bonds is 7. The number of aromatic nitrogens is 2. The molecule has 2 aromatic carbocycles. The molecule has 0 spiro atoms. The third kappa shape index (κ3) is 7.41. The summed E-state index contributed by atoms with van der Waals surface area (Å²) in [4.78, 5) is 21.0. The molecule has 216 valence electrons. The number of terminal acetylenes is 1. The van der Waals surface area contributed by atoms with Gasteiger partial charge in [-0.2, -0.15) is 26.3 Å². The van der Waals surface area contributed by atoms with Gasteiger partial charge in [-0.3, -0.25) is 9.80 Å². The molecule has 0 bridgehead atoms. The van der Waals surface area contributed by atoms with Crippen LogP contribution in [0.1, 0.15) is 33.0 Å². The van der Waals surface area contributed by atoms with Crippen LogP contribution in [0.25, 0.3) is 5.83 Å². The highest BCUT2D eigenvalue weighted by molar-refractivity contribution is 6.48. The van der Waals surface area contributed by atoms with Gasteiger partial charge in [0.2, 0.25) is 5.95 Å². The van der Waals surface area contributed by atoms with Gasteiger partial charge in [0.15, 0.2) is 0 Å². The Kier molecular flexibility index (Phi) is 9.79. The van der Waals surface area contributed by atoms with E-state index in [4.69, 9.17) is 41.2 Å². The lowest BCUT2D eigenvalue weighted by Gasteiger charge is -2.31. The third-order valence-electron chi connectivity index (χ3n) is 5.54. The molecule has 1 atom stereocenters. The molecular formula is C26H16Cl3F7N4O. The fourth-order valence-corrected chi connectivity index (χ4v) is 4.21. The van der Waals surface area contributed by atoms with Gasteiger partial charge in [0.05, 0.1) is 26.2 Å². The number of halogens is 10. The predicted molar refractivity (Wildman–Crippen MR) is 141 cm³/mol. The van der Waals surface area contributed by atoms with Crippen molar-refractivity contribution in [1.82, 2.24) is 15.0 Å². The molecule has 1 amide bonds. The Morgan fingerprint density at radius 1 is 1.05 bits per heavy atom. The summed E-state index contributed by atoms with van der Waals surface area (Å²) in [5, 5.41) is 0.830. The highest BCUT2D eigenvalue weighted by Gasteiger charge is 2.41. The Morgan fingerprint density at radius 2 is 1.63 bits per heavy atom. The number of anilines is 1. The number of alkyl halides is 6. The van der Waals surface area contributed by atoms with Gasteiger partial charge in [-0.15, -0.1) is 6.42 Å². The molecule has 0 fully saturated rings. The monoisotopic (exact) mass is 638 g/mol. The lowest BCUT2D eigenvalue weighted by molar-refractivity contribution is -0.140. The van der Waals surface area contributed by atoms with Crippen molar-refractivity contribution in [3.63, 3.8) is 0 Å².